The Balaban J connectivity index is 1.98. The third kappa shape index (κ3) is 3.08. The Labute approximate surface area is 104 Å². The molecule has 0 radical (unpaired) electrons. The Morgan fingerprint density at radius 2 is 1.88 bits per heavy atom. The van der Waals surface area contributed by atoms with Crippen LogP contribution in [-0.4, -0.2) is 25.8 Å². The van der Waals surface area contributed by atoms with E-state index in [4.69, 9.17) is 4.74 Å². The maximum Gasteiger partial charge on any atom is 0.0622 e. The van der Waals surface area contributed by atoms with Crippen molar-refractivity contribution in [3.63, 3.8) is 0 Å². The van der Waals surface area contributed by atoms with E-state index in [1.807, 2.05) is 0 Å². The largest absolute Gasteiger partial charge is 0.380 e. The first-order chi connectivity index (χ1) is 8.35. The first kappa shape index (κ1) is 12.6. The van der Waals surface area contributed by atoms with Gasteiger partial charge in [0.15, 0.2) is 0 Å². The molecule has 1 aromatic rings. The SMILES string of the molecule is CCNC(COCC)C1Cc2ccccc2C1. The van der Waals surface area contributed by atoms with Crippen molar-refractivity contribution in [1.82, 2.24) is 5.32 Å². The monoisotopic (exact) mass is 233 g/mol. The van der Waals surface area contributed by atoms with Crippen molar-refractivity contribution >= 4 is 0 Å². The van der Waals surface area contributed by atoms with E-state index < -0.39 is 0 Å². The van der Waals surface area contributed by atoms with E-state index in [0.717, 1.165) is 19.8 Å². The van der Waals surface area contributed by atoms with E-state index in [1.54, 1.807) is 0 Å². The fourth-order valence-electron chi connectivity index (χ4n) is 2.75. The summed E-state index contributed by atoms with van der Waals surface area (Å²) in [5.41, 5.74) is 3.05. The second-order valence-corrected chi connectivity index (χ2v) is 4.76. The molecule has 0 amide bonds. The molecule has 1 atom stereocenters. The summed E-state index contributed by atoms with van der Waals surface area (Å²) in [5.74, 6) is 0.693. The lowest BCUT2D eigenvalue weighted by molar-refractivity contribution is 0.105. The molecule has 0 heterocycles. The minimum atomic E-state index is 0.493. The van der Waals surface area contributed by atoms with E-state index in [-0.39, 0.29) is 0 Å². The zero-order valence-corrected chi connectivity index (χ0v) is 10.9. The number of likely N-dealkylation sites (N-methyl/N-ethyl adjacent to an activating group) is 1. The maximum atomic E-state index is 5.60. The molecule has 0 bridgehead atoms. The molecule has 1 aliphatic rings. The van der Waals surface area contributed by atoms with Crippen LogP contribution in [0.5, 0.6) is 0 Å². The van der Waals surface area contributed by atoms with Crippen LogP contribution in [0.1, 0.15) is 25.0 Å². The third-order valence-corrected chi connectivity index (χ3v) is 3.62. The lowest BCUT2D eigenvalue weighted by Gasteiger charge is -2.24. The van der Waals surface area contributed by atoms with Crippen LogP contribution in [0.15, 0.2) is 24.3 Å². The van der Waals surface area contributed by atoms with Crippen molar-refractivity contribution in [3.8, 4) is 0 Å². The average Bonchev–Trinajstić information content (AvgIpc) is 2.78. The van der Waals surface area contributed by atoms with Crippen LogP contribution in [0.4, 0.5) is 0 Å². The van der Waals surface area contributed by atoms with Crippen molar-refractivity contribution < 1.29 is 4.74 Å². The fourth-order valence-corrected chi connectivity index (χ4v) is 2.75. The van der Waals surface area contributed by atoms with Crippen molar-refractivity contribution in [3.05, 3.63) is 35.4 Å². The lowest BCUT2D eigenvalue weighted by atomic mass is 9.97. The summed E-state index contributed by atoms with van der Waals surface area (Å²) in [6.45, 7) is 6.89. The molecule has 94 valence electrons. The minimum absolute atomic E-state index is 0.493. The van der Waals surface area contributed by atoms with Gasteiger partial charge in [0.25, 0.3) is 0 Å². The molecule has 1 unspecified atom stereocenters. The molecule has 1 N–H and O–H groups in total. The zero-order valence-electron chi connectivity index (χ0n) is 10.9. The molecule has 0 saturated heterocycles. The van der Waals surface area contributed by atoms with Crippen LogP contribution < -0.4 is 5.32 Å². The number of benzene rings is 1. The first-order valence-electron chi connectivity index (χ1n) is 6.73. The van der Waals surface area contributed by atoms with E-state index >= 15 is 0 Å². The highest BCUT2D eigenvalue weighted by Gasteiger charge is 2.27. The molecule has 1 aromatic carbocycles. The Hall–Kier alpha value is -0.860. The van der Waals surface area contributed by atoms with E-state index in [1.165, 1.54) is 24.0 Å². The van der Waals surface area contributed by atoms with Crippen LogP contribution >= 0.6 is 0 Å². The second kappa shape index (κ2) is 6.18. The molecule has 2 nitrogen and oxygen atoms in total. The van der Waals surface area contributed by atoms with Gasteiger partial charge in [0, 0.05) is 12.6 Å². The number of rotatable bonds is 6. The van der Waals surface area contributed by atoms with E-state index in [9.17, 15) is 0 Å². The van der Waals surface area contributed by atoms with Crippen LogP contribution in [0.2, 0.25) is 0 Å². The molecule has 0 saturated carbocycles. The van der Waals surface area contributed by atoms with Gasteiger partial charge in [-0.1, -0.05) is 31.2 Å². The minimum Gasteiger partial charge on any atom is -0.380 e. The summed E-state index contributed by atoms with van der Waals surface area (Å²) in [4.78, 5) is 0. The normalized spacial score (nSPS) is 17.1. The summed E-state index contributed by atoms with van der Waals surface area (Å²) >= 11 is 0. The molecule has 0 fully saturated rings. The molecule has 0 spiro atoms. The topological polar surface area (TPSA) is 21.3 Å². The zero-order chi connectivity index (χ0) is 12.1. The van der Waals surface area contributed by atoms with Gasteiger partial charge in [0.05, 0.1) is 6.61 Å². The van der Waals surface area contributed by atoms with Crippen molar-refractivity contribution in [2.45, 2.75) is 32.7 Å². The molecule has 0 aromatic heterocycles. The number of ether oxygens (including phenoxy) is 1. The molecule has 1 aliphatic carbocycles. The van der Waals surface area contributed by atoms with Gasteiger partial charge >= 0.3 is 0 Å². The predicted molar refractivity (Wildman–Crippen MR) is 71.3 cm³/mol. The number of fused-ring (bicyclic) bond motifs is 1. The average molecular weight is 233 g/mol. The Kier molecular flexibility index (Phi) is 4.57. The lowest BCUT2D eigenvalue weighted by Crippen LogP contribution is -2.40. The van der Waals surface area contributed by atoms with Gasteiger partial charge in [0.1, 0.15) is 0 Å². The fraction of sp³-hybridized carbons (Fsp3) is 0.600. The molecular formula is C15H23NO. The number of hydrogen-bond acceptors (Lipinski definition) is 2. The molecule has 17 heavy (non-hydrogen) atoms. The van der Waals surface area contributed by atoms with E-state index in [0.29, 0.717) is 12.0 Å². The predicted octanol–water partition coefficient (Wildman–Crippen LogP) is 2.42. The van der Waals surface area contributed by atoms with Gasteiger partial charge in [-0.15, -0.1) is 0 Å². The van der Waals surface area contributed by atoms with Gasteiger partial charge in [-0.3, -0.25) is 0 Å². The molecular weight excluding hydrogens is 210 g/mol. The highest BCUT2D eigenvalue weighted by Crippen LogP contribution is 2.28. The van der Waals surface area contributed by atoms with E-state index in [2.05, 4.69) is 43.4 Å². The summed E-state index contributed by atoms with van der Waals surface area (Å²) in [6.07, 6.45) is 2.39. The van der Waals surface area contributed by atoms with Crippen LogP contribution in [0.3, 0.4) is 0 Å². The van der Waals surface area contributed by atoms with Crippen LogP contribution in [0.25, 0.3) is 0 Å². The smallest absolute Gasteiger partial charge is 0.0622 e. The highest BCUT2D eigenvalue weighted by atomic mass is 16.5. The third-order valence-electron chi connectivity index (χ3n) is 3.62. The summed E-state index contributed by atoms with van der Waals surface area (Å²) < 4.78 is 5.60. The Morgan fingerprint density at radius 3 is 2.41 bits per heavy atom. The summed E-state index contributed by atoms with van der Waals surface area (Å²) in [6, 6.07) is 9.31. The molecule has 2 rings (SSSR count). The van der Waals surface area contributed by atoms with Crippen LogP contribution in [0, 0.1) is 5.92 Å². The number of hydrogen-bond donors (Lipinski definition) is 1. The standard InChI is InChI=1S/C15H23NO/c1-3-16-15(11-17-4-2)14-9-12-7-5-6-8-13(12)10-14/h5-8,14-16H,3-4,9-11H2,1-2H3. The first-order valence-corrected chi connectivity index (χ1v) is 6.73. The summed E-state index contributed by atoms with van der Waals surface area (Å²) in [5, 5.41) is 3.57. The van der Waals surface area contributed by atoms with Gasteiger partial charge in [-0.2, -0.15) is 0 Å². The summed E-state index contributed by atoms with van der Waals surface area (Å²) in [7, 11) is 0. The van der Waals surface area contributed by atoms with Crippen molar-refractivity contribution in [2.75, 3.05) is 19.8 Å². The second-order valence-electron chi connectivity index (χ2n) is 4.76. The molecule has 2 heteroatoms. The van der Waals surface area contributed by atoms with Gasteiger partial charge < -0.3 is 10.1 Å². The Bertz CT molecular complexity index is 326. The quantitative estimate of drug-likeness (QED) is 0.814. The maximum absolute atomic E-state index is 5.60. The van der Waals surface area contributed by atoms with Crippen molar-refractivity contribution in [2.24, 2.45) is 5.92 Å². The molecule has 0 aliphatic heterocycles. The van der Waals surface area contributed by atoms with Crippen molar-refractivity contribution in [1.29, 1.82) is 0 Å². The van der Waals surface area contributed by atoms with Crippen LogP contribution in [-0.2, 0) is 17.6 Å². The van der Waals surface area contributed by atoms with Gasteiger partial charge in [0.2, 0.25) is 0 Å². The number of nitrogens with one attached hydrogen (secondary N) is 1. The van der Waals surface area contributed by atoms with Gasteiger partial charge in [-0.25, -0.2) is 0 Å². The van der Waals surface area contributed by atoms with Gasteiger partial charge in [-0.05, 0) is 43.4 Å². The highest BCUT2D eigenvalue weighted by molar-refractivity contribution is 5.32. The Morgan fingerprint density at radius 1 is 1.24 bits per heavy atom.